The first-order valence-corrected chi connectivity index (χ1v) is 9.15. The molecule has 0 fully saturated rings. The number of hydrogen-bond acceptors (Lipinski definition) is 5. The highest BCUT2D eigenvalue weighted by atomic mass is 16.4. The predicted molar refractivity (Wildman–Crippen MR) is 111 cm³/mol. The van der Waals surface area contributed by atoms with Crippen LogP contribution < -0.4 is 11.1 Å². The SMILES string of the molecule is CC(=O)c1c(C)oc(NC(=O)c2ccn3cc(-c4ccccc4)nc3c2)c1C(N)=O. The smallest absolute Gasteiger partial charge is 0.258 e. The van der Waals surface area contributed by atoms with Gasteiger partial charge < -0.3 is 14.6 Å². The van der Waals surface area contributed by atoms with Crippen LogP contribution in [0.3, 0.4) is 0 Å². The number of fused-ring (bicyclic) bond motifs is 1. The van der Waals surface area contributed by atoms with Gasteiger partial charge in [0.05, 0.1) is 11.3 Å². The molecule has 150 valence electrons. The molecule has 0 spiro atoms. The fourth-order valence-corrected chi connectivity index (χ4v) is 3.34. The number of imidazole rings is 1. The molecular formula is C22H18N4O4. The molecule has 0 aliphatic carbocycles. The Hall–Kier alpha value is -4.20. The summed E-state index contributed by atoms with van der Waals surface area (Å²) in [6.07, 6.45) is 3.58. The van der Waals surface area contributed by atoms with Crippen LogP contribution in [0.4, 0.5) is 5.88 Å². The minimum Gasteiger partial charge on any atom is -0.444 e. The second kappa shape index (κ2) is 7.32. The van der Waals surface area contributed by atoms with Crippen molar-refractivity contribution in [3.05, 3.63) is 77.3 Å². The number of ketones is 1. The molecule has 3 heterocycles. The van der Waals surface area contributed by atoms with Crippen LogP contribution in [0.15, 0.2) is 59.3 Å². The van der Waals surface area contributed by atoms with Gasteiger partial charge in [0.15, 0.2) is 5.78 Å². The lowest BCUT2D eigenvalue weighted by atomic mass is 10.1. The maximum Gasteiger partial charge on any atom is 0.258 e. The van der Waals surface area contributed by atoms with E-state index < -0.39 is 11.8 Å². The van der Waals surface area contributed by atoms with Crippen molar-refractivity contribution >= 4 is 29.1 Å². The highest BCUT2D eigenvalue weighted by Crippen LogP contribution is 2.28. The van der Waals surface area contributed by atoms with Gasteiger partial charge in [-0.3, -0.25) is 19.7 Å². The molecule has 0 unspecified atom stereocenters. The molecule has 0 radical (unpaired) electrons. The fourth-order valence-electron chi connectivity index (χ4n) is 3.34. The average molecular weight is 402 g/mol. The number of nitrogens with zero attached hydrogens (tertiary/aromatic N) is 2. The Bertz CT molecular complexity index is 1300. The molecule has 4 rings (SSSR count). The number of amides is 2. The molecule has 0 saturated carbocycles. The number of nitrogens with two attached hydrogens (primary N) is 1. The second-order valence-electron chi connectivity index (χ2n) is 6.78. The number of pyridine rings is 1. The molecule has 0 atom stereocenters. The zero-order valence-corrected chi connectivity index (χ0v) is 16.3. The number of hydrogen-bond donors (Lipinski definition) is 2. The van der Waals surface area contributed by atoms with Crippen LogP contribution in [0.1, 0.15) is 43.8 Å². The summed E-state index contributed by atoms with van der Waals surface area (Å²) in [6.45, 7) is 2.83. The minimum atomic E-state index is -0.858. The van der Waals surface area contributed by atoms with E-state index >= 15 is 0 Å². The highest BCUT2D eigenvalue weighted by molar-refractivity contribution is 6.13. The lowest BCUT2D eigenvalue weighted by Gasteiger charge is -2.04. The molecule has 30 heavy (non-hydrogen) atoms. The van der Waals surface area contributed by atoms with Gasteiger partial charge in [0, 0.05) is 23.5 Å². The quantitative estimate of drug-likeness (QED) is 0.496. The highest BCUT2D eigenvalue weighted by Gasteiger charge is 2.26. The van der Waals surface area contributed by atoms with E-state index in [0.717, 1.165) is 11.3 Å². The summed E-state index contributed by atoms with van der Waals surface area (Å²) >= 11 is 0. The molecule has 1 aromatic carbocycles. The molecule has 0 saturated heterocycles. The van der Waals surface area contributed by atoms with Crippen molar-refractivity contribution in [1.82, 2.24) is 9.38 Å². The van der Waals surface area contributed by atoms with Crippen molar-refractivity contribution < 1.29 is 18.8 Å². The summed E-state index contributed by atoms with van der Waals surface area (Å²) < 4.78 is 7.24. The van der Waals surface area contributed by atoms with E-state index in [1.165, 1.54) is 13.8 Å². The molecule has 2 amide bonds. The fraction of sp³-hybridized carbons (Fsp3) is 0.0909. The van der Waals surface area contributed by atoms with Crippen LogP contribution in [0, 0.1) is 6.92 Å². The molecule has 4 aromatic rings. The van der Waals surface area contributed by atoms with E-state index in [1.807, 2.05) is 36.5 Å². The predicted octanol–water partition coefficient (Wildman–Crippen LogP) is 3.46. The number of carbonyl (C=O) groups is 3. The third-order valence-electron chi connectivity index (χ3n) is 4.70. The van der Waals surface area contributed by atoms with Crippen LogP contribution in [-0.4, -0.2) is 27.0 Å². The Balaban J connectivity index is 1.67. The molecule has 3 N–H and O–H groups in total. The van der Waals surface area contributed by atoms with Gasteiger partial charge in [-0.1, -0.05) is 30.3 Å². The van der Waals surface area contributed by atoms with Gasteiger partial charge in [-0.25, -0.2) is 4.98 Å². The summed E-state index contributed by atoms with van der Waals surface area (Å²) in [4.78, 5) is 41.0. The Labute approximate surface area is 171 Å². The summed E-state index contributed by atoms with van der Waals surface area (Å²) in [6, 6.07) is 12.9. The number of nitrogens with one attached hydrogen (secondary N) is 1. The largest absolute Gasteiger partial charge is 0.444 e. The first-order valence-electron chi connectivity index (χ1n) is 9.15. The third-order valence-corrected chi connectivity index (χ3v) is 4.70. The Morgan fingerprint density at radius 2 is 1.83 bits per heavy atom. The monoisotopic (exact) mass is 402 g/mol. The van der Waals surface area contributed by atoms with Crippen molar-refractivity contribution in [3.63, 3.8) is 0 Å². The number of furan rings is 1. The van der Waals surface area contributed by atoms with Gasteiger partial charge in [0.1, 0.15) is 17.0 Å². The van der Waals surface area contributed by atoms with Crippen LogP contribution >= 0.6 is 0 Å². The Morgan fingerprint density at radius 3 is 2.50 bits per heavy atom. The number of Topliss-reactive ketones (excluding diaryl/α,β-unsaturated/α-hetero) is 1. The van der Waals surface area contributed by atoms with Crippen molar-refractivity contribution in [1.29, 1.82) is 0 Å². The summed E-state index contributed by atoms with van der Waals surface area (Å²) in [5.74, 6) is -1.69. The topological polar surface area (TPSA) is 120 Å². The molecule has 8 nitrogen and oxygen atoms in total. The zero-order chi connectivity index (χ0) is 21.4. The van der Waals surface area contributed by atoms with Crippen LogP contribution in [0.25, 0.3) is 16.9 Å². The molecule has 3 aromatic heterocycles. The van der Waals surface area contributed by atoms with Crippen molar-refractivity contribution in [3.8, 4) is 11.3 Å². The van der Waals surface area contributed by atoms with Crippen LogP contribution in [-0.2, 0) is 0 Å². The summed E-state index contributed by atoms with van der Waals surface area (Å²) in [5.41, 5.74) is 7.95. The lowest BCUT2D eigenvalue weighted by Crippen LogP contribution is -2.19. The van der Waals surface area contributed by atoms with Gasteiger partial charge in [-0.05, 0) is 26.0 Å². The number of anilines is 1. The van der Waals surface area contributed by atoms with Crippen LogP contribution in [0.5, 0.6) is 0 Å². The van der Waals surface area contributed by atoms with Gasteiger partial charge in [-0.2, -0.15) is 0 Å². The number of benzene rings is 1. The minimum absolute atomic E-state index is 0.0639. The van der Waals surface area contributed by atoms with Crippen LogP contribution in [0.2, 0.25) is 0 Å². The van der Waals surface area contributed by atoms with Crippen molar-refractivity contribution in [2.24, 2.45) is 5.73 Å². The van der Waals surface area contributed by atoms with E-state index in [1.54, 1.807) is 22.7 Å². The molecule has 8 heteroatoms. The number of carbonyl (C=O) groups excluding carboxylic acids is 3. The Kier molecular flexibility index (Phi) is 4.67. The number of rotatable bonds is 5. The molecular weight excluding hydrogens is 384 g/mol. The van der Waals surface area contributed by atoms with E-state index in [2.05, 4.69) is 10.3 Å². The first kappa shape index (κ1) is 19.1. The number of primary amides is 1. The van der Waals surface area contributed by atoms with Gasteiger partial charge in [0.25, 0.3) is 11.8 Å². The Morgan fingerprint density at radius 1 is 1.10 bits per heavy atom. The van der Waals surface area contributed by atoms with E-state index in [9.17, 15) is 14.4 Å². The maximum absolute atomic E-state index is 12.8. The summed E-state index contributed by atoms with van der Waals surface area (Å²) in [7, 11) is 0. The van der Waals surface area contributed by atoms with Gasteiger partial charge >= 0.3 is 0 Å². The molecule has 0 bridgehead atoms. The normalized spacial score (nSPS) is 10.9. The van der Waals surface area contributed by atoms with E-state index in [4.69, 9.17) is 10.2 Å². The number of aryl methyl sites for hydroxylation is 1. The van der Waals surface area contributed by atoms with Crippen molar-refractivity contribution in [2.75, 3.05) is 5.32 Å². The second-order valence-corrected chi connectivity index (χ2v) is 6.78. The first-order chi connectivity index (χ1) is 14.3. The van der Waals surface area contributed by atoms with E-state index in [-0.39, 0.29) is 28.6 Å². The van der Waals surface area contributed by atoms with E-state index in [0.29, 0.717) is 11.2 Å². The zero-order valence-electron chi connectivity index (χ0n) is 16.3. The third kappa shape index (κ3) is 3.35. The lowest BCUT2D eigenvalue weighted by molar-refractivity contribution is 0.0974. The average Bonchev–Trinajstić information content (AvgIpc) is 3.28. The van der Waals surface area contributed by atoms with Gasteiger partial charge in [-0.15, -0.1) is 0 Å². The maximum atomic E-state index is 12.8. The summed E-state index contributed by atoms with van der Waals surface area (Å²) in [5, 5.41) is 2.53. The molecule has 0 aliphatic rings. The number of aromatic nitrogens is 2. The molecule has 0 aliphatic heterocycles. The van der Waals surface area contributed by atoms with Gasteiger partial charge in [0.2, 0.25) is 5.88 Å². The van der Waals surface area contributed by atoms with Crippen molar-refractivity contribution in [2.45, 2.75) is 13.8 Å². The standard InChI is InChI=1S/C22H18N4O4/c1-12(27)18-13(2)30-22(19(18)20(23)28)25-21(29)15-8-9-26-11-16(24-17(26)10-15)14-6-4-3-5-7-14/h3-11H,1-2H3,(H2,23,28)(H,25,29).